The van der Waals surface area contributed by atoms with Crippen LogP contribution in [0.4, 0.5) is 14.9 Å². The molecule has 4 fully saturated rings. The molecule has 1 aromatic heterocycles. The summed E-state index contributed by atoms with van der Waals surface area (Å²) in [6, 6.07) is 9.00. The molecule has 0 radical (unpaired) electrons. The van der Waals surface area contributed by atoms with E-state index < -0.39 is 27.4 Å². The van der Waals surface area contributed by atoms with Crippen molar-refractivity contribution >= 4 is 32.9 Å². The number of carbonyl (C=O) groups is 1. The maximum Gasteiger partial charge on any atom is 0.410 e. The van der Waals surface area contributed by atoms with E-state index in [1.54, 1.807) is 28.8 Å². The van der Waals surface area contributed by atoms with Crippen molar-refractivity contribution in [1.29, 1.82) is 5.26 Å². The van der Waals surface area contributed by atoms with Crippen LogP contribution in [-0.2, 0) is 19.7 Å². The molecular formula is C39H50FN7O7S. The van der Waals surface area contributed by atoms with Gasteiger partial charge in [-0.15, -0.1) is 0 Å². The normalized spacial score (nSPS) is 21.5. The van der Waals surface area contributed by atoms with E-state index in [1.807, 2.05) is 26.8 Å². The van der Waals surface area contributed by atoms with Gasteiger partial charge in [0.25, 0.3) is 5.56 Å². The summed E-state index contributed by atoms with van der Waals surface area (Å²) in [4.78, 5) is 35.3. The van der Waals surface area contributed by atoms with Crippen LogP contribution in [0.1, 0.15) is 84.2 Å². The fourth-order valence-corrected chi connectivity index (χ4v) is 9.47. The largest absolute Gasteiger partial charge is 0.453 e. The van der Waals surface area contributed by atoms with Gasteiger partial charge in [-0.3, -0.25) is 19.0 Å². The number of benzene rings is 2. The fourth-order valence-electron chi connectivity index (χ4n) is 8.53. The van der Waals surface area contributed by atoms with Crippen LogP contribution in [0.5, 0.6) is 11.5 Å². The Hall–Kier alpha value is -4.30. The smallest absolute Gasteiger partial charge is 0.410 e. The monoisotopic (exact) mass is 779 g/mol. The molecule has 55 heavy (non-hydrogen) atoms. The standard InChI is InChI=1S/C39H50FN7O7S/c1-6-44(5)55(50,51)43-33-10-8-31(40)34(30(33)23-41)53-28-7-9-32-29(19-28)35(48)47(25-42-32)26-20-38(21-26)11-15-45(16-12-38)27-22-39(52-24-27)13-17-46(18-14-39)36(49)54-37(2,3)4/h7-10,19,25-27,43H,6,11-18,20-22,24H2,1-5H3. The lowest BCUT2D eigenvalue weighted by atomic mass is 9.60. The predicted molar refractivity (Wildman–Crippen MR) is 204 cm³/mol. The minimum atomic E-state index is -3.99. The second-order valence-corrected chi connectivity index (χ2v) is 18.4. The highest BCUT2D eigenvalue weighted by Gasteiger charge is 2.50. The number of amides is 1. The number of carbonyl (C=O) groups excluding carboxylic acids is 1. The lowest BCUT2D eigenvalue weighted by Crippen LogP contribution is -2.52. The quantitative estimate of drug-likeness (QED) is 0.297. The van der Waals surface area contributed by atoms with Gasteiger partial charge in [0.15, 0.2) is 11.6 Å². The molecule has 7 rings (SSSR count). The predicted octanol–water partition coefficient (Wildman–Crippen LogP) is 5.78. The molecular weight excluding hydrogens is 730 g/mol. The van der Waals surface area contributed by atoms with E-state index in [4.69, 9.17) is 14.2 Å². The summed E-state index contributed by atoms with van der Waals surface area (Å²) < 4.78 is 63.2. The molecule has 1 amide bonds. The maximum absolute atomic E-state index is 15.1. The van der Waals surface area contributed by atoms with Gasteiger partial charge >= 0.3 is 16.3 Å². The van der Waals surface area contributed by atoms with Crippen molar-refractivity contribution < 1.29 is 31.8 Å². The summed E-state index contributed by atoms with van der Waals surface area (Å²) in [7, 11) is -2.62. The van der Waals surface area contributed by atoms with Gasteiger partial charge in [-0.1, -0.05) is 6.92 Å². The number of likely N-dealkylation sites (tertiary alicyclic amines) is 2. The molecule has 3 aliphatic heterocycles. The summed E-state index contributed by atoms with van der Waals surface area (Å²) in [5.41, 5.74) is -0.775. The number of fused-ring (bicyclic) bond motifs is 1. The van der Waals surface area contributed by atoms with Crippen LogP contribution in [0.3, 0.4) is 0 Å². The highest BCUT2D eigenvalue weighted by atomic mass is 32.2. The van der Waals surface area contributed by atoms with Crippen molar-refractivity contribution in [3.05, 3.63) is 58.4 Å². The molecule has 2 spiro atoms. The van der Waals surface area contributed by atoms with E-state index in [0.29, 0.717) is 36.6 Å². The number of halogens is 1. The van der Waals surface area contributed by atoms with E-state index in [9.17, 15) is 23.3 Å². The number of nitriles is 1. The second kappa shape index (κ2) is 14.6. The van der Waals surface area contributed by atoms with Gasteiger partial charge in [0.05, 0.1) is 35.1 Å². The molecule has 2 aromatic carbocycles. The van der Waals surface area contributed by atoms with Gasteiger partial charge in [0, 0.05) is 38.8 Å². The molecule has 0 bridgehead atoms. The number of aromatic nitrogens is 2. The van der Waals surface area contributed by atoms with Gasteiger partial charge < -0.3 is 19.1 Å². The summed E-state index contributed by atoms with van der Waals surface area (Å²) >= 11 is 0. The lowest BCUT2D eigenvalue weighted by Gasteiger charge is -2.53. The number of hydrogen-bond donors (Lipinski definition) is 1. The molecule has 1 saturated carbocycles. The zero-order valence-electron chi connectivity index (χ0n) is 32.1. The van der Waals surface area contributed by atoms with E-state index >= 15 is 4.39 Å². The molecule has 1 aliphatic carbocycles. The van der Waals surface area contributed by atoms with Gasteiger partial charge in [-0.25, -0.2) is 14.2 Å². The average Bonchev–Trinajstić information content (AvgIpc) is 3.54. The van der Waals surface area contributed by atoms with E-state index in [1.165, 1.54) is 25.2 Å². The van der Waals surface area contributed by atoms with Crippen LogP contribution in [0, 0.1) is 22.6 Å². The van der Waals surface area contributed by atoms with Gasteiger partial charge in [-0.05, 0) is 115 Å². The maximum atomic E-state index is 15.1. The molecule has 1 atom stereocenters. The summed E-state index contributed by atoms with van der Waals surface area (Å²) in [6.07, 6.45) is 7.79. The van der Waals surface area contributed by atoms with Crippen molar-refractivity contribution in [2.45, 2.75) is 95.9 Å². The lowest BCUT2D eigenvalue weighted by molar-refractivity contribution is -0.0497. The molecule has 3 saturated heterocycles. The first kappa shape index (κ1) is 39.0. The van der Waals surface area contributed by atoms with Crippen LogP contribution in [-0.4, -0.2) is 102 Å². The molecule has 296 valence electrons. The van der Waals surface area contributed by atoms with Crippen LogP contribution in [0.2, 0.25) is 0 Å². The Kier molecular flexibility index (Phi) is 10.4. The Morgan fingerprint density at radius 1 is 1.09 bits per heavy atom. The van der Waals surface area contributed by atoms with Crippen LogP contribution >= 0.6 is 0 Å². The third-order valence-corrected chi connectivity index (χ3v) is 13.5. The first-order valence-corrected chi connectivity index (χ1v) is 20.5. The molecule has 16 heteroatoms. The number of piperidine rings is 2. The van der Waals surface area contributed by atoms with Crippen LogP contribution < -0.4 is 15.0 Å². The Morgan fingerprint density at radius 3 is 2.45 bits per heavy atom. The van der Waals surface area contributed by atoms with Gasteiger partial charge in [0.2, 0.25) is 0 Å². The number of anilines is 1. The van der Waals surface area contributed by atoms with Crippen molar-refractivity contribution in [2.75, 3.05) is 51.1 Å². The minimum absolute atomic E-state index is 0.00218. The molecule has 4 heterocycles. The number of rotatable bonds is 8. The fraction of sp³-hybridized carbons (Fsp3) is 0.590. The number of nitrogens with zero attached hydrogens (tertiary/aromatic N) is 6. The zero-order chi connectivity index (χ0) is 39.3. The molecule has 3 aromatic rings. The molecule has 4 aliphatic rings. The summed E-state index contributed by atoms with van der Waals surface area (Å²) in [5, 5.41) is 10.2. The second-order valence-electron chi connectivity index (χ2n) is 16.6. The van der Waals surface area contributed by atoms with E-state index in [2.05, 4.69) is 14.6 Å². The van der Waals surface area contributed by atoms with E-state index in [-0.39, 0.29) is 52.3 Å². The first-order valence-electron chi connectivity index (χ1n) is 19.0. The highest BCUT2D eigenvalue weighted by molar-refractivity contribution is 7.90. The topological polar surface area (TPSA) is 159 Å². The van der Waals surface area contributed by atoms with Crippen molar-refractivity contribution in [3.63, 3.8) is 0 Å². The first-order chi connectivity index (χ1) is 26.0. The third kappa shape index (κ3) is 7.89. The SMILES string of the molecule is CCN(C)S(=O)(=O)Nc1ccc(F)c(Oc2ccc3ncn(C4CC5(CCN(C6COC7(CCN(C(=O)OC(C)(C)C)CC7)C6)CC5)C4)c(=O)c3c2)c1C#N. The van der Waals surface area contributed by atoms with Gasteiger partial charge in [0.1, 0.15) is 23.0 Å². The molecule has 14 nitrogen and oxygen atoms in total. The number of nitrogens with one attached hydrogen (secondary N) is 1. The zero-order valence-corrected chi connectivity index (χ0v) is 33.0. The van der Waals surface area contributed by atoms with Crippen LogP contribution in [0.15, 0.2) is 41.5 Å². The Balaban J connectivity index is 0.970. The number of ether oxygens (including phenoxy) is 3. The van der Waals surface area contributed by atoms with Crippen molar-refractivity contribution in [2.24, 2.45) is 5.41 Å². The Morgan fingerprint density at radius 2 is 1.80 bits per heavy atom. The van der Waals surface area contributed by atoms with Gasteiger partial charge in [-0.2, -0.15) is 18.0 Å². The molecule has 1 unspecified atom stereocenters. The minimum Gasteiger partial charge on any atom is -0.453 e. The Bertz CT molecular complexity index is 2160. The van der Waals surface area contributed by atoms with Crippen molar-refractivity contribution in [3.8, 4) is 17.6 Å². The van der Waals surface area contributed by atoms with Crippen LogP contribution in [0.25, 0.3) is 10.9 Å². The summed E-state index contributed by atoms with van der Waals surface area (Å²) in [6.45, 7) is 11.4. The highest BCUT2D eigenvalue weighted by Crippen LogP contribution is 2.55. The average molecular weight is 780 g/mol. The summed E-state index contributed by atoms with van der Waals surface area (Å²) in [5.74, 6) is -1.21. The Labute approximate surface area is 321 Å². The number of hydrogen-bond acceptors (Lipinski definition) is 10. The molecule has 1 N–H and O–H groups in total. The van der Waals surface area contributed by atoms with E-state index in [0.717, 1.165) is 68.4 Å². The third-order valence-electron chi connectivity index (χ3n) is 11.9. The van der Waals surface area contributed by atoms with Crippen molar-refractivity contribution in [1.82, 2.24) is 23.7 Å².